The monoisotopic (exact) mass is 642 g/mol. The van der Waals surface area contributed by atoms with Crippen molar-refractivity contribution in [3.63, 3.8) is 0 Å². The third kappa shape index (κ3) is 4.59. The third-order valence-electron chi connectivity index (χ3n) is 9.85. The second-order valence-corrected chi connectivity index (χ2v) is 12.7. The summed E-state index contributed by atoms with van der Waals surface area (Å²) in [5, 5.41) is 1.20. The summed E-state index contributed by atoms with van der Waals surface area (Å²) in [6, 6.07) is 54.4. The van der Waals surface area contributed by atoms with Crippen LogP contribution in [0.5, 0.6) is 5.75 Å². The first-order valence-corrected chi connectivity index (χ1v) is 16.9. The number of hydrogen-bond donors (Lipinski definition) is 0. The van der Waals surface area contributed by atoms with Crippen LogP contribution in [0.15, 0.2) is 164 Å². The SMILES string of the molecule is C1=CC2c3c(cccc3-c3nc(-c4ccccc4)nc(-c4ccc(-c5ccccc5)cc4)n3)OC2c2c1n(-c1ccccc1)c1ccccc21. The molecule has 0 saturated heterocycles. The van der Waals surface area contributed by atoms with Crippen LogP contribution >= 0.6 is 0 Å². The fraction of sp³-hybridized carbons (Fsp3) is 0.0444. The van der Waals surface area contributed by atoms with Crippen molar-refractivity contribution in [1.29, 1.82) is 0 Å². The second kappa shape index (κ2) is 11.5. The predicted octanol–water partition coefficient (Wildman–Crippen LogP) is 10.7. The predicted molar refractivity (Wildman–Crippen MR) is 200 cm³/mol. The normalized spacial score (nSPS) is 15.7. The largest absolute Gasteiger partial charge is 0.484 e. The zero-order valence-corrected chi connectivity index (χ0v) is 27.0. The average molecular weight is 643 g/mol. The molecule has 0 saturated carbocycles. The van der Waals surface area contributed by atoms with Gasteiger partial charge in [0.1, 0.15) is 11.9 Å². The Hall–Kier alpha value is -6.59. The lowest BCUT2D eigenvalue weighted by Gasteiger charge is -2.22. The van der Waals surface area contributed by atoms with Gasteiger partial charge < -0.3 is 9.30 Å². The molecule has 2 atom stereocenters. The molecule has 0 bridgehead atoms. The van der Waals surface area contributed by atoms with E-state index in [-0.39, 0.29) is 12.0 Å². The van der Waals surface area contributed by atoms with Gasteiger partial charge in [0, 0.05) is 44.8 Å². The first-order valence-electron chi connectivity index (χ1n) is 16.9. The Labute approximate surface area is 289 Å². The summed E-state index contributed by atoms with van der Waals surface area (Å²) in [6.45, 7) is 0. The van der Waals surface area contributed by atoms with Gasteiger partial charge in [-0.05, 0) is 41.5 Å². The summed E-state index contributed by atoms with van der Waals surface area (Å²) >= 11 is 0. The topological polar surface area (TPSA) is 52.8 Å². The van der Waals surface area contributed by atoms with E-state index in [0.717, 1.165) is 44.9 Å². The van der Waals surface area contributed by atoms with Gasteiger partial charge in [0.15, 0.2) is 17.5 Å². The van der Waals surface area contributed by atoms with E-state index in [2.05, 4.69) is 132 Å². The molecule has 1 aliphatic heterocycles. The van der Waals surface area contributed by atoms with Crippen LogP contribution in [-0.2, 0) is 0 Å². The summed E-state index contributed by atoms with van der Waals surface area (Å²) in [7, 11) is 0. The fourth-order valence-electron chi connectivity index (χ4n) is 7.56. The van der Waals surface area contributed by atoms with Crippen molar-refractivity contribution in [2.24, 2.45) is 0 Å². The van der Waals surface area contributed by atoms with E-state index in [1.165, 1.54) is 22.0 Å². The third-order valence-corrected chi connectivity index (χ3v) is 9.85. The van der Waals surface area contributed by atoms with E-state index in [4.69, 9.17) is 19.7 Å². The van der Waals surface area contributed by atoms with Crippen molar-refractivity contribution in [3.8, 4) is 56.7 Å². The van der Waals surface area contributed by atoms with Gasteiger partial charge in [-0.2, -0.15) is 0 Å². The van der Waals surface area contributed by atoms with Gasteiger partial charge in [0.05, 0.1) is 11.2 Å². The van der Waals surface area contributed by atoms with Crippen molar-refractivity contribution in [2.75, 3.05) is 0 Å². The Morgan fingerprint density at radius 3 is 1.80 bits per heavy atom. The van der Waals surface area contributed by atoms with Crippen molar-refractivity contribution >= 4 is 17.0 Å². The molecule has 2 unspecified atom stereocenters. The smallest absolute Gasteiger partial charge is 0.164 e. The first-order chi connectivity index (χ1) is 24.8. The molecule has 0 fully saturated rings. The molecule has 5 heteroatoms. The maximum Gasteiger partial charge on any atom is 0.164 e. The van der Waals surface area contributed by atoms with E-state index < -0.39 is 0 Å². The minimum atomic E-state index is -0.179. The Balaban J connectivity index is 1.11. The van der Waals surface area contributed by atoms with Crippen LogP contribution in [0.3, 0.4) is 0 Å². The summed E-state index contributed by atoms with van der Waals surface area (Å²) in [5.74, 6) is 2.76. The molecule has 50 heavy (non-hydrogen) atoms. The Morgan fingerprint density at radius 2 is 1.06 bits per heavy atom. The molecular formula is C45H30N4O. The highest BCUT2D eigenvalue weighted by Crippen LogP contribution is 2.55. The van der Waals surface area contributed by atoms with Crippen molar-refractivity contribution < 1.29 is 4.74 Å². The molecule has 0 radical (unpaired) electrons. The molecule has 236 valence electrons. The zero-order chi connectivity index (χ0) is 33.0. The molecule has 3 heterocycles. The minimum absolute atomic E-state index is 0.00530. The van der Waals surface area contributed by atoms with Crippen LogP contribution in [0, 0.1) is 0 Å². The van der Waals surface area contributed by atoms with Crippen LogP contribution in [0.4, 0.5) is 0 Å². The van der Waals surface area contributed by atoms with Gasteiger partial charge in [-0.1, -0.05) is 140 Å². The summed E-state index contributed by atoms with van der Waals surface area (Å²) < 4.78 is 9.25. The molecule has 10 rings (SSSR count). The number of benzene rings is 6. The number of para-hydroxylation sites is 2. The van der Waals surface area contributed by atoms with E-state index in [1.54, 1.807) is 0 Å². The van der Waals surface area contributed by atoms with Gasteiger partial charge in [-0.3, -0.25) is 0 Å². The van der Waals surface area contributed by atoms with Crippen LogP contribution < -0.4 is 4.74 Å². The summed E-state index contributed by atoms with van der Waals surface area (Å²) in [5.41, 5.74) is 10.9. The zero-order valence-electron chi connectivity index (χ0n) is 27.0. The Kier molecular flexibility index (Phi) is 6.56. The fourth-order valence-corrected chi connectivity index (χ4v) is 7.56. The Morgan fingerprint density at radius 1 is 0.480 bits per heavy atom. The number of ether oxygens (including phenoxy) is 1. The maximum absolute atomic E-state index is 6.91. The number of rotatable bonds is 5. The molecule has 0 N–H and O–H groups in total. The molecule has 8 aromatic rings. The highest BCUT2D eigenvalue weighted by molar-refractivity contribution is 5.92. The first kappa shape index (κ1) is 28.4. The number of aromatic nitrogens is 4. The highest BCUT2D eigenvalue weighted by Gasteiger charge is 2.42. The van der Waals surface area contributed by atoms with Crippen LogP contribution in [-0.4, -0.2) is 19.5 Å². The number of nitrogens with zero attached hydrogens (tertiary/aromatic N) is 4. The van der Waals surface area contributed by atoms with Crippen LogP contribution in [0.1, 0.15) is 28.8 Å². The molecule has 6 aromatic carbocycles. The van der Waals surface area contributed by atoms with Crippen molar-refractivity contribution in [3.05, 3.63) is 181 Å². The van der Waals surface area contributed by atoms with E-state index in [9.17, 15) is 0 Å². The van der Waals surface area contributed by atoms with Crippen molar-refractivity contribution in [1.82, 2.24) is 19.5 Å². The summed E-state index contributed by atoms with van der Waals surface area (Å²) in [6.07, 6.45) is 4.38. The molecule has 0 amide bonds. The number of fused-ring (bicyclic) bond motifs is 7. The molecular weight excluding hydrogens is 613 g/mol. The van der Waals surface area contributed by atoms with Crippen LogP contribution in [0.25, 0.3) is 68.0 Å². The van der Waals surface area contributed by atoms with Gasteiger partial charge >= 0.3 is 0 Å². The van der Waals surface area contributed by atoms with E-state index in [0.29, 0.717) is 17.5 Å². The van der Waals surface area contributed by atoms with Gasteiger partial charge in [-0.15, -0.1) is 0 Å². The lowest BCUT2D eigenvalue weighted by molar-refractivity contribution is 0.224. The lowest BCUT2D eigenvalue weighted by Crippen LogP contribution is -2.14. The molecule has 1 aliphatic carbocycles. The second-order valence-electron chi connectivity index (χ2n) is 12.7. The van der Waals surface area contributed by atoms with Crippen LogP contribution in [0.2, 0.25) is 0 Å². The number of hydrogen-bond acceptors (Lipinski definition) is 4. The molecule has 5 nitrogen and oxygen atoms in total. The maximum atomic E-state index is 6.91. The van der Waals surface area contributed by atoms with Gasteiger partial charge in [0.25, 0.3) is 0 Å². The molecule has 2 aliphatic rings. The van der Waals surface area contributed by atoms with E-state index >= 15 is 0 Å². The minimum Gasteiger partial charge on any atom is -0.484 e. The van der Waals surface area contributed by atoms with Crippen molar-refractivity contribution in [2.45, 2.75) is 12.0 Å². The summed E-state index contributed by atoms with van der Waals surface area (Å²) in [4.78, 5) is 15.3. The standard InChI is InChI=1S/C45H30N4O/c1-4-13-29(14-5-1)30-23-25-32(26-24-30)44-46-43(31-15-6-2-7-16-31)47-45(48-44)36-20-12-22-39-40(36)35-27-28-38-41(42(35)50-39)34-19-10-11-21-37(34)49(38)33-17-8-3-9-18-33/h1-28,35,42H. The lowest BCUT2D eigenvalue weighted by atomic mass is 9.83. The average Bonchev–Trinajstić information content (AvgIpc) is 3.75. The van der Waals surface area contributed by atoms with Gasteiger partial charge in [-0.25, -0.2) is 15.0 Å². The quantitative estimate of drug-likeness (QED) is 0.187. The van der Waals surface area contributed by atoms with E-state index in [1.807, 2.05) is 42.5 Å². The Bertz CT molecular complexity index is 2560. The molecule has 2 aromatic heterocycles. The van der Waals surface area contributed by atoms with Gasteiger partial charge in [0.2, 0.25) is 0 Å². The highest BCUT2D eigenvalue weighted by atomic mass is 16.5. The molecule has 0 spiro atoms.